The molecule has 0 radical (unpaired) electrons. The third kappa shape index (κ3) is 2.44. The van der Waals surface area contributed by atoms with Crippen LogP contribution in [0.5, 0.6) is 0 Å². The summed E-state index contributed by atoms with van der Waals surface area (Å²) >= 11 is 3.46. The van der Waals surface area contributed by atoms with E-state index in [-0.39, 0.29) is 17.3 Å². The highest BCUT2D eigenvalue weighted by Crippen LogP contribution is 2.25. The zero-order valence-electron chi connectivity index (χ0n) is 8.90. The van der Waals surface area contributed by atoms with Crippen molar-refractivity contribution in [3.05, 3.63) is 29.8 Å². The Morgan fingerprint density at radius 1 is 1.38 bits per heavy atom. The number of benzene rings is 1. The van der Waals surface area contributed by atoms with Crippen LogP contribution in [0.25, 0.3) is 0 Å². The Morgan fingerprint density at radius 2 is 2.06 bits per heavy atom. The monoisotopic (exact) mass is 283 g/mol. The van der Waals surface area contributed by atoms with Gasteiger partial charge in [-0.15, -0.1) is 0 Å². The molecule has 1 aromatic rings. The fraction of sp³-hybridized carbons (Fsp3) is 0.417. The number of aliphatic hydroxyl groups is 1. The van der Waals surface area contributed by atoms with Gasteiger partial charge in [0.25, 0.3) is 0 Å². The molecule has 0 aromatic heterocycles. The van der Waals surface area contributed by atoms with Gasteiger partial charge in [0.1, 0.15) is 0 Å². The molecule has 0 aliphatic carbocycles. The van der Waals surface area contributed by atoms with Crippen molar-refractivity contribution in [1.29, 1.82) is 0 Å². The molecule has 0 saturated carbocycles. The van der Waals surface area contributed by atoms with Gasteiger partial charge in [-0.05, 0) is 24.1 Å². The molecule has 1 aliphatic rings. The van der Waals surface area contributed by atoms with Crippen LogP contribution in [0.2, 0.25) is 0 Å². The van der Waals surface area contributed by atoms with Gasteiger partial charge in [0, 0.05) is 30.1 Å². The van der Waals surface area contributed by atoms with Crippen molar-refractivity contribution < 1.29 is 9.90 Å². The predicted octanol–water partition coefficient (Wildman–Crippen LogP) is 1.72. The zero-order valence-corrected chi connectivity index (χ0v) is 10.5. The van der Waals surface area contributed by atoms with Crippen LogP contribution in [0, 0.1) is 0 Å². The molecule has 16 heavy (non-hydrogen) atoms. The Morgan fingerprint density at radius 3 is 2.56 bits per heavy atom. The summed E-state index contributed by atoms with van der Waals surface area (Å²) in [4.78, 5) is 13.7. The number of anilines is 1. The lowest BCUT2D eigenvalue weighted by atomic mass is 10.1. The molecule has 1 aliphatic heterocycles. The highest BCUT2D eigenvalue weighted by atomic mass is 79.9. The van der Waals surface area contributed by atoms with Crippen molar-refractivity contribution in [2.75, 3.05) is 18.1 Å². The molecule has 1 N–H and O–H groups in total. The van der Waals surface area contributed by atoms with Crippen LogP contribution in [0.3, 0.4) is 0 Å². The van der Waals surface area contributed by atoms with E-state index >= 15 is 0 Å². The quantitative estimate of drug-likeness (QED) is 0.859. The van der Waals surface area contributed by atoms with Crippen molar-refractivity contribution in [2.24, 2.45) is 0 Å². The standard InChI is InChI=1S/C12H14BrNO2/c13-10-7-12(16)14(8-10)11-3-1-9(2-4-11)5-6-15/h1-4,10,15H,5-8H2. The lowest BCUT2D eigenvalue weighted by Crippen LogP contribution is -2.24. The van der Waals surface area contributed by atoms with Crippen molar-refractivity contribution in [2.45, 2.75) is 17.7 Å². The van der Waals surface area contributed by atoms with Crippen LogP contribution in [0.15, 0.2) is 24.3 Å². The molecule has 1 atom stereocenters. The lowest BCUT2D eigenvalue weighted by Gasteiger charge is -2.16. The lowest BCUT2D eigenvalue weighted by molar-refractivity contribution is -0.117. The van der Waals surface area contributed by atoms with E-state index in [1.165, 1.54) is 0 Å². The molecule has 1 heterocycles. The highest BCUT2D eigenvalue weighted by molar-refractivity contribution is 9.09. The van der Waals surface area contributed by atoms with Crippen LogP contribution in [0.1, 0.15) is 12.0 Å². The van der Waals surface area contributed by atoms with Crippen molar-refractivity contribution in [1.82, 2.24) is 0 Å². The fourth-order valence-corrected chi connectivity index (χ4v) is 2.45. The third-order valence-corrected chi connectivity index (χ3v) is 3.34. The molecular weight excluding hydrogens is 270 g/mol. The van der Waals surface area contributed by atoms with Gasteiger partial charge in [-0.1, -0.05) is 28.1 Å². The first-order valence-electron chi connectivity index (χ1n) is 5.35. The normalized spacial score (nSPS) is 20.5. The molecule has 4 heteroatoms. The summed E-state index contributed by atoms with van der Waals surface area (Å²) in [6, 6.07) is 7.79. The molecule has 1 aromatic carbocycles. The van der Waals surface area contributed by atoms with Gasteiger partial charge >= 0.3 is 0 Å². The fourth-order valence-electron chi connectivity index (χ4n) is 1.89. The average molecular weight is 284 g/mol. The minimum Gasteiger partial charge on any atom is -0.396 e. The Labute approximate surface area is 103 Å². The Hall–Kier alpha value is -0.870. The molecular formula is C12H14BrNO2. The number of rotatable bonds is 3. The highest BCUT2D eigenvalue weighted by Gasteiger charge is 2.28. The molecule has 86 valence electrons. The van der Waals surface area contributed by atoms with E-state index in [9.17, 15) is 4.79 Å². The summed E-state index contributed by atoms with van der Waals surface area (Å²) in [5.41, 5.74) is 2.03. The maximum atomic E-state index is 11.7. The number of nitrogens with zero attached hydrogens (tertiary/aromatic N) is 1. The second-order valence-electron chi connectivity index (χ2n) is 3.95. The second kappa shape index (κ2) is 4.97. The molecule has 2 rings (SSSR count). The maximum Gasteiger partial charge on any atom is 0.228 e. The topological polar surface area (TPSA) is 40.5 Å². The van der Waals surface area contributed by atoms with Gasteiger partial charge in [0.2, 0.25) is 5.91 Å². The summed E-state index contributed by atoms with van der Waals surface area (Å²) < 4.78 is 0. The summed E-state index contributed by atoms with van der Waals surface area (Å²) in [6.45, 7) is 0.893. The van der Waals surface area contributed by atoms with E-state index in [1.54, 1.807) is 4.90 Å². The number of hydrogen-bond acceptors (Lipinski definition) is 2. The minimum absolute atomic E-state index is 0.158. The molecule has 0 spiro atoms. The number of halogens is 1. The van der Waals surface area contributed by atoms with Gasteiger partial charge in [0.05, 0.1) is 0 Å². The van der Waals surface area contributed by atoms with Crippen molar-refractivity contribution >= 4 is 27.5 Å². The van der Waals surface area contributed by atoms with Gasteiger partial charge in [-0.25, -0.2) is 0 Å². The predicted molar refractivity (Wildman–Crippen MR) is 66.9 cm³/mol. The Bertz CT molecular complexity index is 377. The van der Waals surface area contributed by atoms with Gasteiger partial charge in [-0.2, -0.15) is 0 Å². The second-order valence-corrected chi connectivity index (χ2v) is 5.24. The smallest absolute Gasteiger partial charge is 0.228 e. The maximum absolute atomic E-state index is 11.7. The SMILES string of the molecule is O=C1CC(Br)CN1c1ccc(CCO)cc1. The number of amides is 1. The molecule has 1 saturated heterocycles. The van der Waals surface area contributed by atoms with E-state index in [0.29, 0.717) is 12.8 Å². The van der Waals surface area contributed by atoms with Crippen LogP contribution in [-0.4, -0.2) is 29.0 Å². The summed E-state index contributed by atoms with van der Waals surface area (Å²) in [6.07, 6.45) is 1.23. The van der Waals surface area contributed by atoms with E-state index in [1.807, 2.05) is 24.3 Å². The van der Waals surface area contributed by atoms with Gasteiger partial charge in [-0.3, -0.25) is 4.79 Å². The third-order valence-electron chi connectivity index (χ3n) is 2.73. The van der Waals surface area contributed by atoms with E-state index in [4.69, 9.17) is 5.11 Å². The van der Waals surface area contributed by atoms with Gasteiger partial charge in [0.15, 0.2) is 0 Å². The van der Waals surface area contributed by atoms with Crippen LogP contribution in [0.4, 0.5) is 5.69 Å². The number of aliphatic hydroxyl groups excluding tert-OH is 1. The van der Waals surface area contributed by atoms with E-state index in [0.717, 1.165) is 17.8 Å². The minimum atomic E-state index is 0.158. The summed E-state index contributed by atoms with van der Waals surface area (Å²) in [5.74, 6) is 0.164. The largest absolute Gasteiger partial charge is 0.396 e. The number of alkyl halides is 1. The van der Waals surface area contributed by atoms with E-state index < -0.39 is 0 Å². The number of hydrogen-bond donors (Lipinski definition) is 1. The van der Waals surface area contributed by atoms with Crippen molar-refractivity contribution in [3.8, 4) is 0 Å². The molecule has 3 nitrogen and oxygen atoms in total. The van der Waals surface area contributed by atoms with Crippen LogP contribution < -0.4 is 4.90 Å². The van der Waals surface area contributed by atoms with Gasteiger partial charge < -0.3 is 10.0 Å². The molecule has 1 amide bonds. The summed E-state index contributed by atoms with van der Waals surface area (Å²) in [5, 5.41) is 8.81. The summed E-state index contributed by atoms with van der Waals surface area (Å²) in [7, 11) is 0. The number of carbonyl (C=O) groups excluding carboxylic acids is 1. The Balaban J connectivity index is 2.12. The molecule has 0 bridgehead atoms. The first-order valence-corrected chi connectivity index (χ1v) is 6.26. The van der Waals surface area contributed by atoms with Crippen LogP contribution in [-0.2, 0) is 11.2 Å². The molecule has 1 fully saturated rings. The first kappa shape index (κ1) is 11.6. The molecule has 1 unspecified atom stereocenters. The van der Waals surface area contributed by atoms with Crippen molar-refractivity contribution in [3.63, 3.8) is 0 Å². The van der Waals surface area contributed by atoms with E-state index in [2.05, 4.69) is 15.9 Å². The Kier molecular flexibility index (Phi) is 3.61. The van der Waals surface area contributed by atoms with Crippen LogP contribution >= 0.6 is 15.9 Å². The first-order chi connectivity index (χ1) is 7.70. The number of carbonyl (C=O) groups is 1. The average Bonchev–Trinajstić information content (AvgIpc) is 2.59. The zero-order chi connectivity index (χ0) is 11.5.